The lowest BCUT2D eigenvalue weighted by Crippen LogP contribution is -2.36. The number of β-amino-alcohol motifs (C(OH)–C–C–N with tert-alkyl or cyclic N) is 1. The van der Waals surface area contributed by atoms with Crippen molar-refractivity contribution in [2.45, 2.75) is 50.3 Å². The quantitative estimate of drug-likeness (QED) is 0.940. The first-order valence-corrected chi connectivity index (χ1v) is 7.95. The van der Waals surface area contributed by atoms with Crippen LogP contribution in [0.25, 0.3) is 10.9 Å². The minimum Gasteiger partial charge on any atom is -0.388 e. The second kappa shape index (κ2) is 4.79. The molecule has 2 aromatic rings. The minimum absolute atomic E-state index is 0.496. The van der Waals surface area contributed by atoms with Crippen molar-refractivity contribution in [3.05, 3.63) is 42.1 Å². The van der Waals surface area contributed by atoms with E-state index in [-0.39, 0.29) is 0 Å². The van der Waals surface area contributed by atoms with Gasteiger partial charge in [0.1, 0.15) is 0 Å². The van der Waals surface area contributed by atoms with Crippen molar-refractivity contribution in [3.8, 4) is 0 Å². The van der Waals surface area contributed by atoms with Crippen molar-refractivity contribution in [2.75, 3.05) is 6.54 Å². The number of hydrogen-bond donors (Lipinski definition) is 1. The number of likely N-dealkylation sites (tertiary alicyclic amines) is 1. The second-order valence-corrected chi connectivity index (χ2v) is 6.84. The summed E-state index contributed by atoms with van der Waals surface area (Å²) in [4.78, 5) is 6.92. The van der Waals surface area contributed by atoms with Crippen molar-refractivity contribution in [1.82, 2.24) is 9.88 Å². The van der Waals surface area contributed by atoms with Gasteiger partial charge in [-0.1, -0.05) is 18.2 Å². The van der Waals surface area contributed by atoms with Crippen molar-refractivity contribution in [1.29, 1.82) is 0 Å². The molecule has 2 unspecified atom stereocenters. The van der Waals surface area contributed by atoms with Crippen LogP contribution >= 0.6 is 0 Å². The zero-order chi connectivity index (χ0) is 14.4. The maximum absolute atomic E-state index is 11.1. The summed E-state index contributed by atoms with van der Waals surface area (Å²) in [5.74, 6) is 0. The maximum Gasteiger partial charge on any atom is 0.0829 e. The second-order valence-electron chi connectivity index (χ2n) is 6.84. The predicted octanol–water partition coefficient (Wildman–Crippen LogP) is 2.77. The Hall–Kier alpha value is -1.45. The standard InChI is InChI=1S/C18H22N2O/c1-13-10-18(21,12-20(13)15-6-7-15)11-14-8-9-19-17-5-3-2-4-16(14)17/h2-5,8-9,13,15,21H,6-7,10-12H2,1H3. The van der Waals surface area contributed by atoms with Gasteiger partial charge in [0.05, 0.1) is 11.1 Å². The van der Waals surface area contributed by atoms with Gasteiger partial charge in [-0.3, -0.25) is 9.88 Å². The van der Waals surface area contributed by atoms with E-state index < -0.39 is 5.60 Å². The monoisotopic (exact) mass is 282 g/mol. The molecule has 3 nitrogen and oxygen atoms in total. The van der Waals surface area contributed by atoms with Crippen LogP contribution in [0.15, 0.2) is 36.5 Å². The Morgan fingerprint density at radius 3 is 2.90 bits per heavy atom. The summed E-state index contributed by atoms with van der Waals surface area (Å²) in [7, 11) is 0. The Labute approximate surface area is 125 Å². The van der Waals surface area contributed by atoms with E-state index >= 15 is 0 Å². The van der Waals surface area contributed by atoms with E-state index in [9.17, 15) is 5.11 Å². The molecule has 21 heavy (non-hydrogen) atoms. The third-order valence-electron chi connectivity index (χ3n) is 4.99. The number of hydrogen-bond acceptors (Lipinski definition) is 3. The first-order chi connectivity index (χ1) is 10.1. The SMILES string of the molecule is CC1CC(O)(Cc2ccnc3ccccc23)CN1C1CC1. The average molecular weight is 282 g/mol. The fourth-order valence-electron chi connectivity index (χ4n) is 3.91. The lowest BCUT2D eigenvalue weighted by Gasteiger charge is -2.24. The van der Waals surface area contributed by atoms with E-state index in [0.29, 0.717) is 6.04 Å². The van der Waals surface area contributed by atoms with Gasteiger partial charge in [0.25, 0.3) is 0 Å². The van der Waals surface area contributed by atoms with E-state index in [0.717, 1.165) is 30.9 Å². The molecule has 1 aromatic carbocycles. The molecule has 0 bridgehead atoms. The summed E-state index contributed by atoms with van der Waals surface area (Å²) in [5, 5.41) is 12.2. The predicted molar refractivity (Wildman–Crippen MR) is 84.2 cm³/mol. The van der Waals surface area contributed by atoms with Crippen LogP contribution < -0.4 is 0 Å². The Morgan fingerprint density at radius 2 is 2.10 bits per heavy atom. The molecule has 2 aliphatic rings. The Balaban J connectivity index is 1.62. The fourth-order valence-corrected chi connectivity index (χ4v) is 3.91. The van der Waals surface area contributed by atoms with E-state index in [1.165, 1.54) is 23.8 Å². The summed E-state index contributed by atoms with van der Waals surface area (Å²) >= 11 is 0. The number of para-hydroxylation sites is 1. The lowest BCUT2D eigenvalue weighted by molar-refractivity contribution is 0.0490. The molecule has 4 rings (SSSR count). The normalized spacial score (nSPS) is 30.1. The van der Waals surface area contributed by atoms with Crippen LogP contribution in [0.4, 0.5) is 0 Å². The molecule has 0 radical (unpaired) electrons. The summed E-state index contributed by atoms with van der Waals surface area (Å²) in [6, 6.07) is 11.5. The van der Waals surface area contributed by atoms with E-state index in [1.807, 2.05) is 24.4 Å². The molecule has 1 saturated carbocycles. The Kier molecular flexibility index (Phi) is 3.02. The third-order valence-corrected chi connectivity index (χ3v) is 4.99. The molecule has 2 atom stereocenters. The van der Waals surface area contributed by atoms with Gasteiger partial charge in [-0.2, -0.15) is 0 Å². The molecular weight excluding hydrogens is 260 g/mol. The molecule has 3 heteroatoms. The summed E-state index contributed by atoms with van der Waals surface area (Å²) in [6.45, 7) is 3.07. The Morgan fingerprint density at radius 1 is 1.29 bits per heavy atom. The van der Waals surface area contributed by atoms with Gasteiger partial charge < -0.3 is 5.11 Å². The van der Waals surface area contributed by atoms with Crippen molar-refractivity contribution in [2.24, 2.45) is 0 Å². The van der Waals surface area contributed by atoms with E-state index in [4.69, 9.17) is 0 Å². The fraction of sp³-hybridized carbons (Fsp3) is 0.500. The van der Waals surface area contributed by atoms with Crippen LogP contribution in [0.5, 0.6) is 0 Å². The molecule has 2 fully saturated rings. The van der Waals surface area contributed by atoms with Gasteiger partial charge in [-0.05, 0) is 43.9 Å². The van der Waals surface area contributed by atoms with E-state index in [2.05, 4.69) is 28.9 Å². The summed E-state index contributed by atoms with van der Waals surface area (Å²) in [5.41, 5.74) is 1.64. The largest absolute Gasteiger partial charge is 0.388 e. The molecule has 2 heterocycles. The van der Waals surface area contributed by atoms with Crippen LogP contribution in [0.2, 0.25) is 0 Å². The topological polar surface area (TPSA) is 36.4 Å². The zero-order valence-corrected chi connectivity index (χ0v) is 12.5. The third kappa shape index (κ3) is 2.45. The van der Waals surface area contributed by atoms with Gasteiger partial charge in [-0.15, -0.1) is 0 Å². The molecule has 1 N–H and O–H groups in total. The first kappa shape index (κ1) is 13.2. The molecule has 1 aromatic heterocycles. The number of rotatable bonds is 3. The minimum atomic E-state index is -0.591. The molecule has 0 amide bonds. The van der Waals surface area contributed by atoms with Crippen LogP contribution in [0.3, 0.4) is 0 Å². The first-order valence-electron chi connectivity index (χ1n) is 7.95. The van der Waals surface area contributed by atoms with Crippen LogP contribution in [-0.4, -0.2) is 39.2 Å². The van der Waals surface area contributed by atoms with Gasteiger partial charge in [0, 0.05) is 36.6 Å². The Bertz CT molecular complexity index is 662. The van der Waals surface area contributed by atoms with Crippen LogP contribution in [0, 0.1) is 0 Å². The number of aromatic nitrogens is 1. The maximum atomic E-state index is 11.1. The average Bonchev–Trinajstić information content (AvgIpc) is 3.25. The molecular formula is C18H22N2O. The highest BCUT2D eigenvalue weighted by molar-refractivity contribution is 5.81. The van der Waals surface area contributed by atoms with Crippen molar-refractivity contribution < 1.29 is 5.11 Å². The highest BCUT2D eigenvalue weighted by atomic mass is 16.3. The highest BCUT2D eigenvalue weighted by Gasteiger charge is 2.46. The van der Waals surface area contributed by atoms with E-state index in [1.54, 1.807) is 0 Å². The number of benzene rings is 1. The molecule has 1 saturated heterocycles. The number of aliphatic hydroxyl groups is 1. The number of nitrogens with zero attached hydrogens (tertiary/aromatic N) is 2. The lowest BCUT2D eigenvalue weighted by atomic mass is 9.91. The smallest absolute Gasteiger partial charge is 0.0829 e. The number of fused-ring (bicyclic) bond motifs is 1. The van der Waals surface area contributed by atoms with Crippen LogP contribution in [0.1, 0.15) is 31.7 Å². The van der Waals surface area contributed by atoms with Gasteiger partial charge >= 0.3 is 0 Å². The molecule has 1 aliphatic heterocycles. The summed E-state index contributed by atoms with van der Waals surface area (Å²) < 4.78 is 0. The van der Waals surface area contributed by atoms with Gasteiger partial charge in [0.2, 0.25) is 0 Å². The summed E-state index contributed by atoms with van der Waals surface area (Å²) in [6.07, 6.45) is 6.07. The van der Waals surface area contributed by atoms with Crippen molar-refractivity contribution in [3.63, 3.8) is 0 Å². The highest BCUT2D eigenvalue weighted by Crippen LogP contribution is 2.39. The van der Waals surface area contributed by atoms with Crippen LogP contribution in [-0.2, 0) is 6.42 Å². The number of pyridine rings is 1. The van der Waals surface area contributed by atoms with Crippen molar-refractivity contribution >= 4 is 10.9 Å². The van der Waals surface area contributed by atoms with Gasteiger partial charge in [-0.25, -0.2) is 0 Å². The van der Waals surface area contributed by atoms with Gasteiger partial charge in [0.15, 0.2) is 0 Å². The molecule has 110 valence electrons. The molecule has 1 aliphatic carbocycles. The molecule has 0 spiro atoms. The zero-order valence-electron chi connectivity index (χ0n) is 12.5.